The van der Waals surface area contributed by atoms with Gasteiger partial charge in [-0.3, -0.25) is 0 Å². The largest absolute Gasteiger partial charge is 0.317 e. The lowest BCUT2D eigenvalue weighted by Gasteiger charge is -2.44. The molecule has 98 valence electrons. The Kier molecular flexibility index (Phi) is 7.27. The lowest BCUT2D eigenvalue weighted by atomic mass is 9.67. The second kappa shape index (κ2) is 7.05. The second-order valence-corrected chi connectivity index (χ2v) is 5.44. The Balaban J connectivity index is 0.00000112. The first kappa shape index (κ1) is 16.5. The van der Waals surface area contributed by atoms with E-state index in [1.54, 1.807) is 0 Å². The molecule has 1 saturated carbocycles. The van der Waals surface area contributed by atoms with Crippen molar-refractivity contribution in [2.75, 3.05) is 27.2 Å². The Morgan fingerprint density at radius 3 is 1.88 bits per heavy atom. The van der Waals surface area contributed by atoms with Crippen molar-refractivity contribution >= 4 is 24.8 Å². The fourth-order valence-corrected chi connectivity index (χ4v) is 3.19. The van der Waals surface area contributed by atoms with Crippen molar-refractivity contribution < 1.29 is 0 Å². The van der Waals surface area contributed by atoms with Gasteiger partial charge in [-0.2, -0.15) is 0 Å². The van der Waals surface area contributed by atoms with E-state index in [4.69, 9.17) is 0 Å². The molecule has 2 aliphatic rings. The first-order valence-electron chi connectivity index (χ1n) is 6.09. The standard InChI is InChI=1S/C12H24N2.2ClH/c1-14(2)11-3-5-12(6-4-11)7-9-13-10-8-12;;/h11,13H,3-10H2,1-2H3;2*1H. The Morgan fingerprint density at radius 2 is 1.44 bits per heavy atom. The van der Waals surface area contributed by atoms with Gasteiger partial charge in [0, 0.05) is 6.04 Å². The number of piperidine rings is 1. The van der Waals surface area contributed by atoms with Crippen molar-refractivity contribution in [3.8, 4) is 0 Å². The zero-order valence-electron chi connectivity index (χ0n) is 10.5. The average Bonchev–Trinajstić information content (AvgIpc) is 2.19. The minimum absolute atomic E-state index is 0. The molecule has 2 rings (SSSR count). The minimum Gasteiger partial charge on any atom is -0.317 e. The van der Waals surface area contributed by atoms with Crippen LogP contribution in [-0.4, -0.2) is 38.1 Å². The lowest BCUT2D eigenvalue weighted by Crippen LogP contribution is -2.42. The Labute approximate surface area is 112 Å². The van der Waals surface area contributed by atoms with Gasteiger partial charge in [0.25, 0.3) is 0 Å². The molecule has 1 saturated heterocycles. The highest BCUT2D eigenvalue weighted by Gasteiger charge is 2.36. The van der Waals surface area contributed by atoms with Gasteiger partial charge in [0.2, 0.25) is 0 Å². The maximum Gasteiger partial charge on any atom is 0.00895 e. The van der Waals surface area contributed by atoms with Crippen molar-refractivity contribution in [3.63, 3.8) is 0 Å². The fraction of sp³-hybridized carbons (Fsp3) is 1.00. The fourth-order valence-electron chi connectivity index (χ4n) is 3.19. The SMILES string of the molecule is CN(C)C1CCC2(CCNCC2)CC1.Cl.Cl. The zero-order chi connectivity index (χ0) is 10.0. The van der Waals surface area contributed by atoms with Crippen molar-refractivity contribution in [2.45, 2.75) is 44.6 Å². The highest BCUT2D eigenvalue weighted by atomic mass is 35.5. The molecule has 0 radical (unpaired) electrons. The molecule has 0 unspecified atom stereocenters. The van der Waals surface area contributed by atoms with Crippen LogP contribution in [0.4, 0.5) is 0 Å². The average molecular weight is 269 g/mol. The molecule has 4 heteroatoms. The topological polar surface area (TPSA) is 15.3 Å². The molecule has 16 heavy (non-hydrogen) atoms. The van der Waals surface area contributed by atoms with E-state index >= 15 is 0 Å². The molecule has 1 spiro atoms. The van der Waals surface area contributed by atoms with E-state index in [1.165, 1.54) is 51.6 Å². The van der Waals surface area contributed by atoms with Crippen LogP contribution in [0, 0.1) is 5.41 Å². The summed E-state index contributed by atoms with van der Waals surface area (Å²) < 4.78 is 0. The van der Waals surface area contributed by atoms with Crippen LogP contribution in [0.15, 0.2) is 0 Å². The number of nitrogens with one attached hydrogen (secondary N) is 1. The van der Waals surface area contributed by atoms with Crippen LogP contribution in [0.3, 0.4) is 0 Å². The minimum atomic E-state index is 0. The number of hydrogen-bond acceptors (Lipinski definition) is 2. The van der Waals surface area contributed by atoms with Crippen LogP contribution in [0.5, 0.6) is 0 Å². The third-order valence-electron chi connectivity index (χ3n) is 4.41. The molecule has 0 aromatic carbocycles. The summed E-state index contributed by atoms with van der Waals surface area (Å²) in [5, 5.41) is 3.48. The third-order valence-corrected chi connectivity index (χ3v) is 4.41. The maximum atomic E-state index is 3.48. The van der Waals surface area contributed by atoms with E-state index in [9.17, 15) is 0 Å². The summed E-state index contributed by atoms with van der Waals surface area (Å²) in [6, 6.07) is 0.857. The molecule has 0 aromatic heterocycles. The zero-order valence-corrected chi connectivity index (χ0v) is 12.1. The predicted molar refractivity (Wildman–Crippen MR) is 75.0 cm³/mol. The van der Waals surface area contributed by atoms with Crippen LogP contribution >= 0.6 is 24.8 Å². The Morgan fingerprint density at radius 1 is 0.938 bits per heavy atom. The molecule has 1 heterocycles. The Hall–Kier alpha value is 0.500. The van der Waals surface area contributed by atoms with E-state index in [0.29, 0.717) is 0 Å². The lowest BCUT2D eigenvalue weighted by molar-refractivity contribution is 0.0860. The molecular formula is C12H26Cl2N2. The van der Waals surface area contributed by atoms with Gasteiger partial charge < -0.3 is 10.2 Å². The number of halogens is 2. The van der Waals surface area contributed by atoms with E-state index < -0.39 is 0 Å². The van der Waals surface area contributed by atoms with Crippen LogP contribution in [-0.2, 0) is 0 Å². The highest BCUT2D eigenvalue weighted by molar-refractivity contribution is 5.85. The van der Waals surface area contributed by atoms with Gasteiger partial charge in [-0.15, -0.1) is 24.8 Å². The van der Waals surface area contributed by atoms with Gasteiger partial charge in [-0.25, -0.2) is 0 Å². The summed E-state index contributed by atoms with van der Waals surface area (Å²) >= 11 is 0. The normalized spacial score (nSPS) is 24.9. The molecule has 0 aromatic rings. The number of nitrogens with zero attached hydrogens (tertiary/aromatic N) is 1. The third kappa shape index (κ3) is 3.76. The van der Waals surface area contributed by atoms with Crippen LogP contribution in [0.1, 0.15) is 38.5 Å². The van der Waals surface area contributed by atoms with Gasteiger partial charge in [0.15, 0.2) is 0 Å². The molecule has 0 atom stereocenters. The summed E-state index contributed by atoms with van der Waals surface area (Å²) in [5.74, 6) is 0. The highest BCUT2D eigenvalue weighted by Crippen LogP contribution is 2.43. The van der Waals surface area contributed by atoms with E-state index in [2.05, 4.69) is 24.3 Å². The first-order valence-corrected chi connectivity index (χ1v) is 6.09. The van der Waals surface area contributed by atoms with E-state index in [0.717, 1.165) is 11.5 Å². The molecule has 0 bridgehead atoms. The Bertz CT molecular complexity index is 181. The van der Waals surface area contributed by atoms with Gasteiger partial charge >= 0.3 is 0 Å². The summed E-state index contributed by atoms with van der Waals surface area (Å²) in [5.41, 5.74) is 0.734. The van der Waals surface area contributed by atoms with Gasteiger partial charge in [-0.05, 0) is 71.1 Å². The molecule has 1 aliphatic carbocycles. The predicted octanol–water partition coefficient (Wildman–Crippen LogP) is 2.70. The first-order chi connectivity index (χ1) is 6.72. The smallest absolute Gasteiger partial charge is 0.00895 e. The summed E-state index contributed by atoms with van der Waals surface area (Å²) in [6.45, 7) is 2.51. The molecule has 1 aliphatic heterocycles. The number of hydrogen-bond donors (Lipinski definition) is 1. The maximum absolute atomic E-state index is 3.48. The quantitative estimate of drug-likeness (QED) is 0.787. The van der Waals surface area contributed by atoms with Crippen molar-refractivity contribution in [1.82, 2.24) is 10.2 Å². The molecule has 1 N–H and O–H groups in total. The molecule has 2 nitrogen and oxygen atoms in total. The van der Waals surface area contributed by atoms with E-state index in [1.807, 2.05) is 0 Å². The van der Waals surface area contributed by atoms with Gasteiger partial charge in [0.1, 0.15) is 0 Å². The number of rotatable bonds is 1. The molecule has 0 amide bonds. The van der Waals surface area contributed by atoms with Crippen molar-refractivity contribution in [1.29, 1.82) is 0 Å². The van der Waals surface area contributed by atoms with Crippen molar-refractivity contribution in [3.05, 3.63) is 0 Å². The monoisotopic (exact) mass is 268 g/mol. The summed E-state index contributed by atoms with van der Waals surface area (Å²) in [4.78, 5) is 2.41. The van der Waals surface area contributed by atoms with Crippen molar-refractivity contribution in [2.24, 2.45) is 5.41 Å². The van der Waals surface area contributed by atoms with Crippen LogP contribution in [0.25, 0.3) is 0 Å². The van der Waals surface area contributed by atoms with E-state index in [-0.39, 0.29) is 24.8 Å². The molecule has 2 fully saturated rings. The van der Waals surface area contributed by atoms with Gasteiger partial charge in [-0.1, -0.05) is 0 Å². The molecular weight excluding hydrogens is 243 g/mol. The summed E-state index contributed by atoms with van der Waals surface area (Å²) in [7, 11) is 4.45. The van der Waals surface area contributed by atoms with Crippen LogP contribution < -0.4 is 5.32 Å². The van der Waals surface area contributed by atoms with Gasteiger partial charge in [0.05, 0.1) is 0 Å². The summed E-state index contributed by atoms with van der Waals surface area (Å²) in [6.07, 6.45) is 8.63. The second-order valence-electron chi connectivity index (χ2n) is 5.44. The van der Waals surface area contributed by atoms with Crippen LogP contribution in [0.2, 0.25) is 0 Å².